The first kappa shape index (κ1) is 19.4. The second kappa shape index (κ2) is 7.82. The fraction of sp³-hybridized carbons (Fsp3) is 0.182. The summed E-state index contributed by atoms with van der Waals surface area (Å²) in [5.74, 6) is 0.387. The van der Waals surface area contributed by atoms with E-state index in [0.29, 0.717) is 34.3 Å². The lowest BCUT2D eigenvalue weighted by atomic mass is 10.1. The molecule has 0 spiro atoms. The van der Waals surface area contributed by atoms with Crippen LogP contribution in [0.3, 0.4) is 0 Å². The van der Waals surface area contributed by atoms with Crippen LogP contribution in [0.1, 0.15) is 21.8 Å². The number of amides is 1. The molecule has 0 unspecified atom stereocenters. The van der Waals surface area contributed by atoms with Gasteiger partial charge in [0.1, 0.15) is 22.7 Å². The second-order valence-electron chi connectivity index (χ2n) is 6.84. The number of nitrogens with one attached hydrogen (secondary N) is 1. The van der Waals surface area contributed by atoms with Crippen molar-refractivity contribution in [3.8, 4) is 28.4 Å². The number of hydrogen-bond acceptors (Lipinski definition) is 6. The molecule has 3 aromatic heterocycles. The van der Waals surface area contributed by atoms with E-state index in [4.69, 9.17) is 9.26 Å². The van der Waals surface area contributed by atoms with Gasteiger partial charge in [-0.1, -0.05) is 35.5 Å². The smallest absolute Gasteiger partial charge is 0.261 e. The zero-order valence-corrected chi connectivity index (χ0v) is 17.1. The molecule has 0 bridgehead atoms. The molecular weight excluding hydrogens is 382 g/mol. The standard InChI is InChI=1S/C22H21N5O3/c1-13-16(12-27(3)25-13)17-10-11-18(22(24-17)29-4)23-21(28)19-14(2)30-26-20(19)15-8-6-5-7-9-15/h5-12H,1-4H3,(H,23,28). The Morgan fingerprint density at radius 2 is 1.90 bits per heavy atom. The molecule has 1 aromatic carbocycles. The average molecular weight is 403 g/mol. The Morgan fingerprint density at radius 3 is 2.57 bits per heavy atom. The number of rotatable bonds is 5. The summed E-state index contributed by atoms with van der Waals surface area (Å²) in [6, 6.07) is 13.0. The summed E-state index contributed by atoms with van der Waals surface area (Å²) in [5, 5.41) is 11.3. The van der Waals surface area contributed by atoms with Gasteiger partial charge in [0.2, 0.25) is 5.88 Å². The molecule has 0 aliphatic heterocycles. The molecule has 0 saturated heterocycles. The van der Waals surface area contributed by atoms with Crippen LogP contribution in [-0.4, -0.2) is 32.9 Å². The molecule has 8 nitrogen and oxygen atoms in total. The highest BCUT2D eigenvalue weighted by Crippen LogP contribution is 2.30. The predicted molar refractivity (Wildman–Crippen MR) is 112 cm³/mol. The van der Waals surface area contributed by atoms with Crippen molar-refractivity contribution in [3.63, 3.8) is 0 Å². The van der Waals surface area contributed by atoms with Crippen molar-refractivity contribution in [2.24, 2.45) is 7.05 Å². The van der Waals surface area contributed by atoms with Crippen molar-refractivity contribution in [2.75, 3.05) is 12.4 Å². The van der Waals surface area contributed by atoms with E-state index in [1.807, 2.05) is 56.6 Å². The minimum atomic E-state index is -0.349. The van der Waals surface area contributed by atoms with E-state index in [-0.39, 0.29) is 5.91 Å². The number of aromatic nitrogens is 4. The molecule has 0 atom stereocenters. The van der Waals surface area contributed by atoms with Gasteiger partial charge in [0, 0.05) is 24.4 Å². The number of ether oxygens (including phenoxy) is 1. The Labute approximate surface area is 173 Å². The Hall–Kier alpha value is -3.94. The van der Waals surface area contributed by atoms with Gasteiger partial charge in [0.15, 0.2) is 0 Å². The third kappa shape index (κ3) is 3.55. The lowest BCUT2D eigenvalue weighted by Gasteiger charge is -2.11. The summed E-state index contributed by atoms with van der Waals surface area (Å²) in [6.07, 6.45) is 1.89. The van der Waals surface area contributed by atoms with Crippen molar-refractivity contribution in [1.82, 2.24) is 19.9 Å². The van der Waals surface area contributed by atoms with Crippen LogP contribution < -0.4 is 10.1 Å². The Morgan fingerprint density at radius 1 is 1.13 bits per heavy atom. The van der Waals surface area contributed by atoms with Crippen LogP contribution in [0.5, 0.6) is 5.88 Å². The zero-order valence-electron chi connectivity index (χ0n) is 17.1. The van der Waals surface area contributed by atoms with Crippen LogP contribution in [-0.2, 0) is 7.05 Å². The molecule has 0 saturated carbocycles. The number of carbonyl (C=O) groups excluding carboxylic acids is 1. The lowest BCUT2D eigenvalue weighted by Crippen LogP contribution is -2.14. The maximum atomic E-state index is 13.1. The largest absolute Gasteiger partial charge is 0.479 e. The Bertz CT molecular complexity index is 1210. The van der Waals surface area contributed by atoms with Gasteiger partial charge in [-0.3, -0.25) is 9.48 Å². The highest BCUT2D eigenvalue weighted by Gasteiger charge is 2.23. The minimum absolute atomic E-state index is 0.305. The summed E-state index contributed by atoms with van der Waals surface area (Å²) >= 11 is 0. The molecule has 30 heavy (non-hydrogen) atoms. The molecule has 0 aliphatic rings. The van der Waals surface area contributed by atoms with Gasteiger partial charge in [-0.2, -0.15) is 5.10 Å². The van der Waals surface area contributed by atoms with Crippen molar-refractivity contribution in [2.45, 2.75) is 13.8 Å². The Kier molecular flexibility index (Phi) is 5.05. The van der Waals surface area contributed by atoms with E-state index in [0.717, 1.165) is 16.8 Å². The van der Waals surface area contributed by atoms with E-state index < -0.39 is 0 Å². The maximum Gasteiger partial charge on any atom is 0.261 e. The summed E-state index contributed by atoms with van der Waals surface area (Å²) in [7, 11) is 3.37. The SMILES string of the molecule is COc1nc(-c2cn(C)nc2C)ccc1NC(=O)c1c(-c2ccccc2)noc1C. The van der Waals surface area contributed by atoms with Gasteiger partial charge >= 0.3 is 0 Å². The molecule has 1 N–H and O–H groups in total. The number of carbonyl (C=O) groups is 1. The van der Waals surface area contributed by atoms with E-state index in [1.165, 1.54) is 7.11 Å². The zero-order chi connectivity index (χ0) is 21.3. The fourth-order valence-corrected chi connectivity index (χ4v) is 3.31. The maximum absolute atomic E-state index is 13.1. The van der Waals surface area contributed by atoms with E-state index in [1.54, 1.807) is 17.7 Å². The highest BCUT2D eigenvalue weighted by molar-refractivity contribution is 6.09. The van der Waals surface area contributed by atoms with Gasteiger partial charge in [0.05, 0.1) is 18.5 Å². The number of aryl methyl sites for hydroxylation is 3. The third-order valence-electron chi connectivity index (χ3n) is 4.73. The molecule has 8 heteroatoms. The van der Waals surface area contributed by atoms with E-state index in [9.17, 15) is 4.79 Å². The average Bonchev–Trinajstić information content (AvgIpc) is 3.30. The molecule has 0 fully saturated rings. The number of nitrogens with zero attached hydrogens (tertiary/aromatic N) is 4. The molecule has 3 heterocycles. The van der Waals surface area contributed by atoms with Crippen molar-refractivity contribution >= 4 is 11.6 Å². The van der Waals surface area contributed by atoms with Crippen molar-refractivity contribution in [1.29, 1.82) is 0 Å². The Balaban J connectivity index is 1.66. The normalized spacial score (nSPS) is 10.8. The number of hydrogen-bond donors (Lipinski definition) is 1. The monoisotopic (exact) mass is 403 g/mol. The summed E-state index contributed by atoms with van der Waals surface area (Å²) < 4.78 is 12.4. The van der Waals surface area contributed by atoms with Gasteiger partial charge in [-0.25, -0.2) is 4.98 Å². The topological polar surface area (TPSA) is 95.1 Å². The van der Waals surface area contributed by atoms with Gasteiger partial charge in [-0.05, 0) is 26.0 Å². The second-order valence-corrected chi connectivity index (χ2v) is 6.84. The predicted octanol–water partition coefficient (Wildman–Crippen LogP) is 4.01. The molecule has 0 aliphatic carbocycles. The first-order valence-electron chi connectivity index (χ1n) is 9.36. The van der Waals surface area contributed by atoms with Crippen molar-refractivity contribution < 1.29 is 14.1 Å². The van der Waals surface area contributed by atoms with Crippen molar-refractivity contribution in [3.05, 3.63) is 65.7 Å². The van der Waals surface area contributed by atoms with Gasteiger partial charge in [0.25, 0.3) is 5.91 Å². The van der Waals surface area contributed by atoms with Gasteiger partial charge in [-0.15, -0.1) is 0 Å². The van der Waals surface area contributed by atoms with Crippen LogP contribution >= 0.6 is 0 Å². The molecule has 1 amide bonds. The van der Waals surface area contributed by atoms with Crippen LogP contribution in [0, 0.1) is 13.8 Å². The molecular formula is C22H21N5O3. The number of methoxy groups -OCH3 is 1. The number of pyridine rings is 1. The molecule has 4 aromatic rings. The fourth-order valence-electron chi connectivity index (χ4n) is 3.31. The first-order chi connectivity index (χ1) is 14.5. The first-order valence-corrected chi connectivity index (χ1v) is 9.36. The third-order valence-corrected chi connectivity index (χ3v) is 4.73. The molecule has 152 valence electrons. The minimum Gasteiger partial charge on any atom is -0.479 e. The summed E-state index contributed by atoms with van der Waals surface area (Å²) in [5.41, 5.74) is 4.57. The molecule has 0 radical (unpaired) electrons. The van der Waals surface area contributed by atoms with E-state index >= 15 is 0 Å². The summed E-state index contributed by atoms with van der Waals surface area (Å²) in [6.45, 7) is 3.62. The number of anilines is 1. The van der Waals surface area contributed by atoms with Crippen LogP contribution in [0.15, 0.2) is 53.2 Å². The highest BCUT2D eigenvalue weighted by atomic mass is 16.5. The lowest BCUT2D eigenvalue weighted by molar-refractivity contribution is 0.102. The van der Waals surface area contributed by atoms with Crippen LogP contribution in [0.25, 0.3) is 22.5 Å². The van der Waals surface area contributed by atoms with Crippen LogP contribution in [0.4, 0.5) is 5.69 Å². The summed E-state index contributed by atoms with van der Waals surface area (Å²) in [4.78, 5) is 17.6. The molecule has 4 rings (SSSR count). The van der Waals surface area contributed by atoms with Crippen LogP contribution in [0.2, 0.25) is 0 Å². The number of benzene rings is 1. The quantitative estimate of drug-likeness (QED) is 0.541. The van der Waals surface area contributed by atoms with E-state index in [2.05, 4.69) is 20.6 Å². The van der Waals surface area contributed by atoms with Gasteiger partial charge < -0.3 is 14.6 Å².